The molecule has 0 unspecified atom stereocenters. The molecule has 6 heteroatoms. The number of ether oxygens (including phenoxy) is 2. The van der Waals surface area contributed by atoms with E-state index in [0.717, 1.165) is 53.7 Å². The Hall–Kier alpha value is -3.28. The first-order valence-corrected chi connectivity index (χ1v) is 10.6. The summed E-state index contributed by atoms with van der Waals surface area (Å²) >= 11 is 0. The molecule has 3 aromatic rings. The monoisotopic (exact) mass is 420 g/mol. The van der Waals surface area contributed by atoms with Crippen molar-refractivity contribution in [2.75, 3.05) is 27.3 Å². The van der Waals surface area contributed by atoms with Crippen LogP contribution in [-0.2, 0) is 17.6 Å². The first-order valence-electron chi connectivity index (χ1n) is 10.6. The van der Waals surface area contributed by atoms with Crippen LogP contribution in [0.5, 0.6) is 11.5 Å². The fraction of sp³-hybridized carbons (Fsp3) is 0.360. The van der Waals surface area contributed by atoms with Crippen LogP contribution in [0.2, 0.25) is 0 Å². The van der Waals surface area contributed by atoms with Gasteiger partial charge in [0.15, 0.2) is 5.89 Å². The van der Waals surface area contributed by atoms with E-state index in [1.54, 1.807) is 20.4 Å². The number of carbonyl (C=O) groups is 1. The number of aromatic nitrogens is 1. The van der Waals surface area contributed by atoms with Crippen molar-refractivity contribution < 1.29 is 18.7 Å². The van der Waals surface area contributed by atoms with Crippen molar-refractivity contribution in [2.45, 2.75) is 31.6 Å². The van der Waals surface area contributed by atoms with Gasteiger partial charge in [-0.15, -0.1) is 0 Å². The molecule has 162 valence electrons. The molecule has 1 saturated heterocycles. The molecule has 1 aliphatic heterocycles. The van der Waals surface area contributed by atoms with Crippen LogP contribution in [0.25, 0.3) is 0 Å². The van der Waals surface area contributed by atoms with Gasteiger partial charge in [-0.25, -0.2) is 4.98 Å². The van der Waals surface area contributed by atoms with Gasteiger partial charge in [0.1, 0.15) is 17.3 Å². The number of hydrogen-bond donors (Lipinski definition) is 0. The minimum absolute atomic E-state index is 0.128. The molecule has 0 spiro atoms. The Morgan fingerprint density at radius 1 is 1.10 bits per heavy atom. The molecule has 1 aromatic heterocycles. The Morgan fingerprint density at radius 3 is 2.68 bits per heavy atom. The number of piperidine rings is 1. The molecule has 2 aromatic carbocycles. The van der Waals surface area contributed by atoms with Gasteiger partial charge in [0.05, 0.1) is 32.8 Å². The lowest BCUT2D eigenvalue weighted by Gasteiger charge is -2.31. The molecule has 0 N–H and O–H groups in total. The summed E-state index contributed by atoms with van der Waals surface area (Å²) in [5, 5.41) is 0. The summed E-state index contributed by atoms with van der Waals surface area (Å²) in [6, 6.07) is 15.6. The maximum Gasteiger partial charge on any atom is 0.227 e. The molecule has 31 heavy (non-hydrogen) atoms. The van der Waals surface area contributed by atoms with Crippen molar-refractivity contribution in [3.8, 4) is 11.5 Å². The Labute approximate surface area is 182 Å². The highest BCUT2D eigenvalue weighted by atomic mass is 16.5. The van der Waals surface area contributed by atoms with Gasteiger partial charge in [-0.3, -0.25) is 4.79 Å². The zero-order valence-corrected chi connectivity index (χ0v) is 18.0. The van der Waals surface area contributed by atoms with Gasteiger partial charge >= 0.3 is 0 Å². The first kappa shape index (κ1) is 21.0. The lowest BCUT2D eigenvalue weighted by molar-refractivity contribution is -0.131. The van der Waals surface area contributed by atoms with Gasteiger partial charge in [0, 0.05) is 19.5 Å². The SMILES string of the molecule is COc1ccc(Cc2cnc([C@H]3CCCN(C(=O)Cc4cccc(OC)c4)C3)o2)cc1. The van der Waals surface area contributed by atoms with Crippen LogP contribution in [0.4, 0.5) is 0 Å². The van der Waals surface area contributed by atoms with Crippen LogP contribution in [0.3, 0.4) is 0 Å². The van der Waals surface area contributed by atoms with Crippen LogP contribution in [-0.4, -0.2) is 43.1 Å². The third-order valence-electron chi connectivity index (χ3n) is 5.72. The third kappa shape index (κ3) is 5.26. The molecule has 0 aliphatic carbocycles. The lowest BCUT2D eigenvalue weighted by atomic mass is 9.97. The number of methoxy groups -OCH3 is 2. The van der Waals surface area contributed by atoms with E-state index in [1.165, 1.54) is 0 Å². The van der Waals surface area contributed by atoms with Crippen molar-refractivity contribution in [3.05, 3.63) is 77.5 Å². The van der Waals surface area contributed by atoms with E-state index in [-0.39, 0.29) is 11.8 Å². The second-order valence-corrected chi connectivity index (χ2v) is 7.90. The average Bonchev–Trinajstić information content (AvgIpc) is 3.28. The first-order chi connectivity index (χ1) is 15.1. The molecule has 0 saturated carbocycles. The van der Waals surface area contributed by atoms with Crippen LogP contribution in [0.15, 0.2) is 59.1 Å². The van der Waals surface area contributed by atoms with Crippen LogP contribution in [0, 0.1) is 0 Å². The second-order valence-electron chi connectivity index (χ2n) is 7.90. The Kier molecular flexibility index (Phi) is 6.55. The van der Waals surface area contributed by atoms with Crippen LogP contribution < -0.4 is 9.47 Å². The normalized spacial score (nSPS) is 16.2. The Morgan fingerprint density at radius 2 is 1.90 bits per heavy atom. The number of hydrogen-bond acceptors (Lipinski definition) is 5. The maximum absolute atomic E-state index is 12.9. The summed E-state index contributed by atoms with van der Waals surface area (Å²) in [6.07, 6.45) is 4.78. The summed E-state index contributed by atoms with van der Waals surface area (Å²) in [4.78, 5) is 19.3. The zero-order chi connectivity index (χ0) is 21.6. The minimum atomic E-state index is 0.128. The van der Waals surface area contributed by atoms with Crippen LogP contribution >= 0.6 is 0 Å². The van der Waals surface area contributed by atoms with Crippen molar-refractivity contribution >= 4 is 5.91 Å². The number of rotatable bonds is 7. The number of amides is 1. The molecule has 1 aliphatic rings. The molecular weight excluding hydrogens is 392 g/mol. The Bertz CT molecular complexity index is 1010. The second kappa shape index (κ2) is 9.69. The maximum atomic E-state index is 12.9. The largest absolute Gasteiger partial charge is 0.497 e. The average molecular weight is 421 g/mol. The molecule has 0 radical (unpaired) electrons. The molecule has 2 heterocycles. The van der Waals surface area contributed by atoms with Gasteiger partial charge in [0.25, 0.3) is 0 Å². The minimum Gasteiger partial charge on any atom is -0.497 e. The molecule has 1 amide bonds. The van der Waals surface area contributed by atoms with Gasteiger partial charge < -0.3 is 18.8 Å². The molecular formula is C25H28N2O4. The summed E-state index contributed by atoms with van der Waals surface area (Å²) in [5.41, 5.74) is 2.10. The van der Waals surface area contributed by atoms with E-state index in [4.69, 9.17) is 13.9 Å². The highest BCUT2D eigenvalue weighted by Crippen LogP contribution is 2.28. The fourth-order valence-corrected chi connectivity index (χ4v) is 4.01. The molecule has 4 rings (SSSR count). The van der Waals surface area contributed by atoms with Crippen molar-refractivity contribution in [2.24, 2.45) is 0 Å². The fourth-order valence-electron chi connectivity index (χ4n) is 4.01. The molecule has 6 nitrogen and oxygen atoms in total. The lowest BCUT2D eigenvalue weighted by Crippen LogP contribution is -2.40. The standard InChI is InChI=1S/C25H28N2O4/c1-29-21-10-8-18(9-11-21)13-23-16-26-25(31-23)20-6-4-12-27(17-20)24(28)15-19-5-3-7-22(14-19)30-2/h3,5,7-11,14,16,20H,4,6,12-13,15,17H2,1-2H3/t20-/m0/s1. The van der Waals surface area contributed by atoms with Crippen molar-refractivity contribution in [3.63, 3.8) is 0 Å². The quantitative estimate of drug-likeness (QED) is 0.572. The van der Waals surface area contributed by atoms with E-state index < -0.39 is 0 Å². The van der Waals surface area contributed by atoms with E-state index >= 15 is 0 Å². The zero-order valence-electron chi connectivity index (χ0n) is 18.0. The molecule has 0 bridgehead atoms. The smallest absolute Gasteiger partial charge is 0.227 e. The summed E-state index contributed by atoms with van der Waals surface area (Å²) in [6.45, 7) is 1.42. The summed E-state index contributed by atoms with van der Waals surface area (Å²) in [7, 11) is 3.29. The highest BCUT2D eigenvalue weighted by molar-refractivity contribution is 5.79. The van der Waals surface area contributed by atoms with E-state index in [0.29, 0.717) is 19.4 Å². The molecule has 1 atom stereocenters. The van der Waals surface area contributed by atoms with Gasteiger partial charge in [0.2, 0.25) is 5.91 Å². The van der Waals surface area contributed by atoms with Crippen LogP contribution in [0.1, 0.15) is 41.5 Å². The van der Waals surface area contributed by atoms with Gasteiger partial charge in [-0.1, -0.05) is 24.3 Å². The summed E-state index contributed by atoms with van der Waals surface area (Å²) in [5.74, 6) is 3.42. The topological polar surface area (TPSA) is 64.8 Å². The Balaban J connectivity index is 1.37. The highest BCUT2D eigenvalue weighted by Gasteiger charge is 2.28. The van der Waals surface area contributed by atoms with Gasteiger partial charge in [-0.2, -0.15) is 0 Å². The van der Waals surface area contributed by atoms with Gasteiger partial charge in [-0.05, 0) is 48.2 Å². The predicted octanol–water partition coefficient (Wildman–Crippen LogP) is 4.23. The number of nitrogens with zero attached hydrogens (tertiary/aromatic N) is 2. The molecule has 1 fully saturated rings. The number of carbonyl (C=O) groups excluding carboxylic acids is 1. The number of benzene rings is 2. The third-order valence-corrected chi connectivity index (χ3v) is 5.72. The van der Waals surface area contributed by atoms with Crippen molar-refractivity contribution in [1.82, 2.24) is 9.88 Å². The summed E-state index contributed by atoms with van der Waals surface area (Å²) < 4.78 is 16.5. The number of likely N-dealkylation sites (tertiary alicyclic amines) is 1. The predicted molar refractivity (Wildman–Crippen MR) is 118 cm³/mol. The van der Waals surface area contributed by atoms with Crippen molar-refractivity contribution in [1.29, 1.82) is 0 Å². The van der Waals surface area contributed by atoms with E-state index in [9.17, 15) is 4.79 Å². The van der Waals surface area contributed by atoms with E-state index in [1.807, 2.05) is 53.4 Å². The number of oxazole rings is 1. The van der Waals surface area contributed by atoms with E-state index in [2.05, 4.69) is 4.98 Å².